The van der Waals surface area contributed by atoms with E-state index in [1.165, 1.54) is 23.3 Å². The number of furan rings is 1. The number of nitrogens with zero attached hydrogens (tertiary/aromatic N) is 1. The second-order valence-corrected chi connectivity index (χ2v) is 6.57. The smallest absolute Gasteiger partial charge is 0.118 e. The summed E-state index contributed by atoms with van der Waals surface area (Å²) in [6, 6.07) is 7.30. The molecule has 0 radical (unpaired) electrons. The maximum Gasteiger partial charge on any atom is 0.118 e. The fourth-order valence-corrected chi connectivity index (χ4v) is 3.32. The van der Waals surface area contributed by atoms with Crippen molar-refractivity contribution in [3.63, 3.8) is 0 Å². The first kappa shape index (κ1) is 13.9. The van der Waals surface area contributed by atoms with Crippen LogP contribution in [-0.2, 0) is 19.6 Å². The average Bonchev–Trinajstić information content (AvgIpc) is 3.05. The monoisotopic (exact) mass is 290 g/mol. The molecule has 108 valence electrons. The molecule has 1 aliphatic carbocycles. The Hall–Kier alpha value is -1.10. The summed E-state index contributed by atoms with van der Waals surface area (Å²) in [5.74, 6) is 2.14. The largest absolute Gasteiger partial charge is 0.465 e. The molecule has 1 N–H and O–H groups in total. The molecular formula is C16H22N2OS. The third-order valence-electron chi connectivity index (χ3n) is 3.80. The normalized spacial score (nSPS) is 15.2. The molecule has 1 saturated carbocycles. The molecule has 20 heavy (non-hydrogen) atoms. The molecule has 3 rings (SSSR count). The van der Waals surface area contributed by atoms with Crippen LogP contribution in [0.3, 0.4) is 0 Å². The van der Waals surface area contributed by atoms with E-state index in [2.05, 4.69) is 40.7 Å². The van der Waals surface area contributed by atoms with Crippen molar-refractivity contribution < 1.29 is 4.42 Å². The van der Waals surface area contributed by atoms with Crippen LogP contribution in [0.1, 0.15) is 34.8 Å². The van der Waals surface area contributed by atoms with E-state index in [0.29, 0.717) is 0 Å². The lowest BCUT2D eigenvalue weighted by Crippen LogP contribution is -2.24. The summed E-state index contributed by atoms with van der Waals surface area (Å²) in [5, 5.41) is 5.35. The Morgan fingerprint density at radius 1 is 1.40 bits per heavy atom. The highest BCUT2D eigenvalue weighted by Gasteiger charge is 2.30. The van der Waals surface area contributed by atoms with Gasteiger partial charge in [-0.05, 0) is 44.3 Å². The summed E-state index contributed by atoms with van der Waals surface area (Å²) in [7, 11) is 1.97. The fourth-order valence-electron chi connectivity index (χ4n) is 2.59. The third-order valence-corrected chi connectivity index (χ3v) is 4.66. The Bertz CT molecular complexity index is 543. The second kappa shape index (κ2) is 6.12. The molecule has 4 heteroatoms. The SMILES string of the molecule is CNCc1cc(CN(Cc2cccs2)C2CC2)oc1C. The lowest BCUT2D eigenvalue weighted by atomic mass is 10.2. The molecule has 0 saturated heterocycles. The predicted molar refractivity (Wildman–Crippen MR) is 82.8 cm³/mol. The first-order valence-electron chi connectivity index (χ1n) is 7.25. The molecule has 0 amide bonds. The summed E-state index contributed by atoms with van der Waals surface area (Å²) in [6.45, 7) is 4.90. The summed E-state index contributed by atoms with van der Waals surface area (Å²) >= 11 is 1.84. The van der Waals surface area contributed by atoms with Gasteiger partial charge in [-0.1, -0.05) is 6.07 Å². The fraction of sp³-hybridized carbons (Fsp3) is 0.500. The Kier molecular flexibility index (Phi) is 4.24. The Balaban J connectivity index is 1.68. The van der Waals surface area contributed by atoms with Crippen LogP contribution in [0.25, 0.3) is 0 Å². The maximum absolute atomic E-state index is 5.92. The van der Waals surface area contributed by atoms with Crippen molar-refractivity contribution in [3.8, 4) is 0 Å². The average molecular weight is 290 g/mol. The van der Waals surface area contributed by atoms with E-state index in [1.54, 1.807) is 0 Å². The Morgan fingerprint density at radius 2 is 2.25 bits per heavy atom. The minimum atomic E-state index is 0.746. The minimum Gasteiger partial charge on any atom is -0.465 e. The van der Waals surface area contributed by atoms with Gasteiger partial charge in [-0.15, -0.1) is 11.3 Å². The van der Waals surface area contributed by atoms with Crippen LogP contribution in [0.2, 0.25) is 0 Å². The summed E-state index contributed by atoms with van der Waals surface area (Å²) in [4.78, 5) is 3.99. The van der Waals surface area contributed by atoms with Crippen molar-refractivity contribution in [2.24, 2.45) is 0 Å². The molecule has 0 atom stereocenters. The van der Waals surface area contributed by atoms with Crippen molar-refractivity contribution in [1.29, 1.82) is 0 Å². The van der Waals surface area contributed by atoms with Gasteiger partial charge in [0, 0.05) is 29.6 Å². The van der Waals surface area contributed by atoms with E-state index in [0.717, 1.165) is 37.2 Å². The van der Waals surface area contributed by atoms with Gasteiger partial charge >= 0.3 is 0 Å². The van der Waals surface area contributed by atoms with Crippen LogP contribution in [0.5, 0.6) is 0 Å². The van der Waals surface area contributed by atoms with Gasteiger partial charge in [0.05, 0.1) is 6.54 Å². The van der Waals surface area contributed by atoms with Gasteiger partial charge in [0.1, 0.15) is 11.5 Å². The number of aryl methyl sites for hydroxylation is 1. The van der Waals surface area contributed by atoms with Gasteiger partial charge in [0.15, 0.2) is 0 Å². The van der Waals surface area contributed by atoms with E-state index in [4.69, 9.17) is 4.42 Å². The molecule has 1 fully saturated rings. The number of thiophene rings is 1. The molecule has 0 unspecified atom stereocenters. The van der Waals surface area contributed by atoms with Crippen molar-refractivity contribution >= 4 is 11.3 Å². The van der Waals surface area contributed by atoms with Crippen molar-refractivity contribution in [2.45, 2.75) is 45.4 Å². The van der Waals surface area contributed by atoms with Crippen molar-refractivity contribution in [3.05, 3.63) is 45.5 Å². The highest BCUT2D eigenvalue weighted by Crippen LogP contribution is 2.31. The quantitative estimate of drug-likeness (QED) is 0.845. The van der Waals surface area contributed by atoms with E-state index in [9.17, 15) is 0 Å². The first-order valence-corrected chi connectivity index (χ1v) is 8.13. The van der Waals surface area contributed by atoms with Crippen LogP contribution in [-0.4, -0.2) is 18.0 Å². The lowest BCUT2D eigenvalue weighted by molar-refractivity contribution is 0.226. The zero-order chi connectivity index (χ0) is 13.9. The van der Waals surface area contributed by atoms with Gasteiger partial charge in [0.25, 0.3) is 0 Å². The van der Waals surface area contributed by atoms with E-state index >= 15 is 0 Å². The Morgan fingerprint density at radius 3 is 2.90 bits per heavy atom. The van der Waals surface area contributed by atoms with Gasteiger partial charge < -0.3 is 9.73 Å². The van der Waals surface area contributed by atoms with Gasteiger partial charge in [-0.2, -0.15) is 0 Å². The molecule has 2 heterocycles. The van der Waals surface area contributed by atoms with E-state index in [1.807, 2.05) is 18.4 Å². The maximum atomic E-state index is 5.92. The Labute approximate surface area is 124 Å². The zero-order valence-electron chi connectivity index (χ0n) is 12.2. The molecule has 2 aromatic heterocycles. The summed E-state index contributed by atoms with van der Waals surface area (Å²) in [5.41, 5.74) is 1.27. The topological polar surface area (TPSA) is 28.4 Å². The van der Waals surface area contributed by atoms with Gasteiger partial charge in [-0.25, -0.2) is 0 Å². The minimum absolute atomic E-state index is 0.746. The highest BCUT2D eigenvalue weighted by atomic mass is 32.1. The number of hydrogen-bond donors (Lipinski definition) is 1. The zero-order valence-corrected chi connectivity index (χ0v) is 13.0. The van der Waals surface area contributed by atoms with Gasteiger partial charge in [-0.3, -0.25) is 4.90 Å². The summed E-state index contributed by atoms with van der Waals surface area (Å²) < 4.78 is 5.92. The lowest BCUT2D eigenvalue weighted by Gasteiger charge is -2.19. The van der Waals surface area contributed by atoms with Crippen molar-refractivity contribution in [2.75, 3.05) is 7.05 Å². The first-order chi connectivity index (χ1) is 9.76. The van der Waals surface area contributed by atoms with Crippen LogP contribution in [0, 0.1) is 6.92 Å². The molecular weight excluding hydrogens is 268 g/mol. The molecule has 3 nitrogen and oxygen atoms in total. The van der Waals surface area contributed by atoms with Crippen molar-refractivity contribution in [1.82, 2.24) is 10.2 Å². The predicted octanol–water partition coefficient (Wildman–Crippen LogP) is 3.53. The molecule has 0 spiro atoms. The number of hydrogen-bond acceptors (Lipinski definition) is 4. The summed E-state index contributed by atoms with van der Waals surface area (Å²) in [6.07, 6.45) is 2.66. The molecule has 0 bridgehead atoms. The molecule has 2 aromatic rings. The van der Waals surface area contributed by atoms with Gasteiger partial charge in [0.2, 0.25) is 0 Å². The molecule has 0 aliphatic heterocycles. The number of rotatable bonds is 7. The molecule has 1 aliphatic rings. The third kappa shape index (κ3) is 3.32. The number of nitrogens with one attached hydrogen (secondary N) is 1. The van der Waals surface area contributed by atoms with Crippen LogP contribution >= 0.6 is 11.3 Å². The highest BCUT2D eigenvalue weighted by molar-refractivity contribution is 7.09. The molecule has 0 aromatic carbocycles. The second-order valence-electron chi connectivity index (χ2n) is 5.54. The van der Waals surface area contributed by atoms with Crippen LogP contribution in [0.4, 0.5) is 0 Å². The van der Waals surface area contributed by atoms with Crippen LogP contribution < -0.4 is 5.32 Å². The standard InChI is InChI=1S/C16H22N2OS/c1-12-13(9-17-2)8-15(19-12)10-18(14-5-6-14)11-16-4-3-7-20-16/h3-4,7-8,14,17H,5-6,9-11H2,1-2H3. The van der Waals surface area contributed by atoms with E-state index < -0.39 is 0 Å². The van der Waals surface area contributed by atoms with E-state index in [-0.39, 0.29) is 0 Å². The van der Waals surface area contributed by atoms with Crippen LogP contribution in [0.15, 0.2) is 28.0 Å².